The van der Waals surface area contributed by atoms with E-state index in [9.17, 15) is 22.8 Å². The normalized spacial score (nSPS) is 16.7. The summed E-state index contributed by atoms with van der Waals surface area (Å²) in [7, 11) is 0. The van der Waals surface area contributed by atoms with Crippen molar-refractivity contribution < 1.29 is 27.5 Å². The summed E-state index contributed by atoms with van der Waals surface area (Å²) in [4.78, 5) is 25.8. The van der Waals surface area contributed by atoms with Crippen LogP contribution in [0.2, 0.25) is 5.02 Å². The first-order valence-electron chi connectivity index (χ1n) is 7.95. The van der Waals surface area contributed by atoms with E-state index in [1.807, 2.05) is 0 Å². The largest absolute Gasteiger partial charge is 0.433 e. The number of anilines is 2. The summed E-state index contributed by atoms with van der Waals surface area (Å²) in [6.07, 6.45) is -0.0690. The quantitative estimate of drug-likeness (QED) is 0.826. The first-order valence-corrected chi connectivity index (χ1v) is 8.33. The van der Waals surface area contributed by atoms with Crippen LogP contribution >= 0.6 is 11.6 Å². The number of nitrogens with one attached hydrogen (secondary N) is 1. The number of nitrogens with zero attached hydrogens (tertiary/aromatic N) is 1. The van der Waals surface area contributed by atoms with Crippen molar-refractivity contribution in [1.29, 1.82) is 0 Å². The number of hydrogen-bond donors (Lipinski definition) is 1. The second-order valence-corrected chi connectivity index (χ2v) is 6.28. The molecule has 0 unspecified atom stereocenters. The number of benzene rings is 2. The van der Waals surface area contributed by atoms with Gasteiger partial charge in [-0.05, 0) is 30.3 Å². The van der Waals surface area contributed by atoms with E-state index >= 15 is 0 Å². The highest BCUT2D eigenvalue weighted by molar-refractivity contribution is 6.32. The lowest BCUT2D eigenvalue weighted by molar-refractivity contribution is -0.122. The minimum Gasteiger partial charge on any atom is -0.433 e. The van der Waals surface area contributed by atoms with Gasteiger partial charge in [0.1, 0.15) is 11.6 Å². The smallest absolute Gasteiger partial charge is 0.387 e. The van der Waals surface area contributed by atoms with Crippen molar-refractivity contribution in [3.05, 3.63) is 53.3 Å². The van der Waals surface area contributed by atoms with Crippen molar-refractivity contribution in [3.8, 4) is 5.75 Å². The van der Waals surface area contributed by atoms with Gasteiger partial charge in [0, 0.05) is 18.7 Å². The topological polar surface area (TPSA) is 58.6 Å². The van der Waals surface area contributed by atoms with Crippen molar-refractivity contribution in [2.75, 3.05) is 16.8 Å². The maximum Gasteiger partial charge on any atom is 0.387 e. The molecule has 3 rings (SSSR count). The Morgan fingerprint density at radius 2 is 2.00 bits per heavy atom. The predicted molar refractivity (Wildman–Crippen MR) is 93.6 cm³/mol. The Morgan fingerprint density at radius 3 is 2.67 bits per heavy atom. The molecular formula is C18H14ClF3N2O3. The van der Waals surface area contributed by atoms with Crippen molar-refractivity contribution in [3.63, 3.8) is 0 Å². The minimum absolute atomic E-state index is 0.0336. The van der Waals surface area contributed by atoms with Gasteiger partial charge in [-0.25, -0.2) is 4.39 Å². The fourth-order valence-corrected chi connectivity index (χ4v) is 3.03. The molecule has 2 aromatic carbocycles. The fourth-order valence-electron chi connectivity index (χ4n) is 2.80. The molecule has 0 saturated carbocycles. The van der Waals surface area contributed by atoms with Crippen molar-refractivity contribution >= 4 is 34.8 Å². The monoisotopic (exact) mass is 398 g/mol. The van der Waals surface area contributed by atoms with Gasteiger partial charge in [0.15, 0.2) is 0 Å². The SMILES string of the molecule is O=C(Nc1ccc(OC(F)F)c(Cl)c1)[C@H]1CC(=O)N(c2ccccc2F)C1. The van der Waals surface area contributed by atoms with Gasteiger partial charge < -0.3 is 15.0 Å². The zero-order valence-corrected chi connectivity index (χ0v) is 14.6. The van der Waals surface area contributed by atoms with E-state index in [1.165, 1.54) is 41.3 Å². The Morgan fingerprint density at radius 1 is 1.26 bits per heavy atom. The van der Waals surface area contributed by atoms with E-state index < -0.39 is 24.3 Å². The maximum atomic E-state index is 13.9. The first-order chi connectivity index (χ1) is 12.8. The summed E-state index contributed by atoms with van der Waals surface area (Å²) in [6, 6.07) is 9.64. The van der Waals surface area contributed by atoms with Gasteiger partial charge in [0.05, 0.1) is 16.6 Å². The Bertz CT molecular complexity index is 879. The Labute approximate surface area is 157 Å². The lowest BCUT2D eigenvalue weighted by atomic mass is 10.1. The number of amides is 2. The molecule has 2 amide bonds. The highest BCUT2D eigenvalue weighted by Crippen LogP contribution is 2.31. The number of rotatable bonds is 5. The van der Waals surface area contributed by atoms with E-state index in [4.69, 9.17) is 11.6 Å². The molecule has 1 aliphatic heterocycles. The van der Waals surface area contributed by atoms with Gasteiger partial charge in [-0.15, -0.1) is 0 Å². The standard InChI is InChI=1S/C18H14ClF3N2O3/c19-12-8-11(5-6-15(12)27-18(21)22)23-17(26)10-7-16(25)24(9-10)14-4-2-1-3-13(14)20/h1-6,8,10,18H,7,9H2,(H,23,26)/t10-/m0/s1. The molecular weight excluding hydrogens is 385 g/mol. The van der Waals surface area contributed by atoms with E-state index in [1.54, 1.807) is 6.07 Å². The van der Waals surface area contributed by atoms with Crippen LogP contribution in [0.5, 0.6) is 5.75 Å². The van der Waals surface area contributed by atoms with Crippen LogP contribution in [-0.2, 0) is 9.59 Å². The molecule has 0 bridgehead atoms. The third-order valence-corrected chi connectivity index (χ3v) is 4.35. The zero-order valence-electron chi connectivity index (χ0n) is 13.8. The molecule has 0 spiro atoms. The van der Waals surface area contributed by atoms with Crippen LogP contribution in [0.1, 0.15) is 6.42 Å². The molecule has 1 atom stereocenters. The second kappa shape index (κ2) is 7.87. The lowest BCUT2D eigenvalue weighted by Crippen LogP contribution is -2.28. The van der Waals surface area contributed by atoms with Gasteiger partial charge in [0.25, 0.3) is 0 Å². The number of alkyl halides is 2. The summed E-state index contributed by atoms with van der Waals surface area (Å²) in [6.45, 7) is -2.98. The van der Waals surface area contributed by atoms with Crippen LogP contribution in [0.15, 0.2) is 42.5 Å². The van der Waals surface area contributed by atoms with Crippen LogP contribution in [-0.4, -0.2) is 25.0 Å². The molecule has 5 nitrogen and oxygen atoms in total. The van der Waals surface area contributed by atoms with E-state index in [0.29, 0.717) is 0 Å². The molecule has 0 aliphatic carbocycles. The average Bonchev–Trinajstić information content (AvgIpc) is 2.99. The first kappa shape index (κ1) is 19.0. The van der Waals surface area contributed by atoms with Crippen LogP contribution in [0.4, 0.5) is 24.5 Å². The molecule has 27 heavy (non-hydrogen) atoms. The molecule has 1 heterocycles. The summed E-state index contributed by atoms with van der Waals surface area (Å²) in [5.74, 6) is -2.27. The highest BCUT2D eigenvalue weighted by atomic mass is 35.5. The Balaban J connectivity index is 1.68. The number of carbonyl (C=O) groups excluding carboxylic acids is 2. The van der Waals surface area contributed by atoms with E-state index in [2.05, 4.69) is 10.1 Å². The molecule has 1 N–H and O–H groups in total. The number of para-hydroxylation sites is 1. The molecule has 1 aliphatic rings. The maximum absolute atomic E-state index is 13.9. The van der Waals surface area contributed by atoms with Gasteiger partial charge in [-0.1, -0.05) is 23.7 Å². The van der Waals surface area contributed by atoms with Crippen LogP contribution < -0.4 is 15.0 Å². The lowest BCUT2D eigenvalue weighted by Gasteiger charge is -2.17. The minimum atomic E-state index is -3.02. The number of halogens is 4. The van der Waals surface area contributed by atoms with Gasteiger partial charge >= 0.3 is 6.61 Å². The molecule has 1 fully saturated rings. The Kier molecular flexibility index (Phi) is 5.55. The van der Waals surface area contributed by atoms with Crippen LogP contribution in [0.3, 0.4) is 0 Å². The van der Waals surface area contributed by atoms with Crippen molar-refractivity contribution in [2.45, 2.75) is 13.0 Å². The molecule has 2 aromatic rings. The van der Waals surface area contributed by atoms with E-state index in [-0.39, 0.29) is 41.0 Å². The predicted octanol–water partition coefficient (Wildman–Crippen LogP) is 4.07. The summed E-state index contributed by atoms with van der Waals surface area (Å²) >= 11 is 5.85. The summed E-state index contributed by atoms with van der Waals surface area (Å²) in [5.41, 5.74) is 0.387. The average molecular weight is 399 g/mol. The summed E-state index contributed by atoms with van der Waals surface area (Å²) in [5, 5.41) is 2.48. The van der Waals surface area contributed by atoms with Gasteiger partial charge in [-0.3, -0.25) is 9.59 Å². The zero-order chi connectivity index (χ0) is 19.6. The van der Waals surface area contributed by atoms with Crippen LogP contribution in [0, 0.1) is 11.7 Å². The molecule has 9 heteroatoms. The molecule has 1 saturated heterocycles. The summed E-state index contributed by atoms with van der Waals surface area (Å²) < 4.78 is 42.6. The van der Waals surface area contributed by atoms with Gasteiger partial charge in [-0.2, -0.15) is 8.78 Å². The number of hydrogen-bond acceptors (Lipinski definition) is 3. The number of ether oxygens (including phenoxy) is 1. The fraction of sp³-hybridized carbons (Fsp3) is 0.222. The van der Waals surface area contributed by atoms with Gasteiger partial charge in [0.2, 0.25) is 11.8 Å². The molecule has 0 aromatic heterocycles. The molecule has 142 valence electrons. The third-order valence-electron chi connectivity index (χ3n) is 4.05. The van der Waals surface area contributed by atoms with E-state index in [0.717, 1.165) is 0 Å². The number of carbonyl (C=O) groups is 2. The van der Waals surface area contributed by atoms with Crippen LogP contribution in [0.25, 0.3) is 0 Å². The third kappa shape index (κ3) is 4.33. The van der Waals surface area contributed by atoms with Crippen molar-refractivity contribution in [1.82, 2.24) is 0 Å². The highest BCUT2D eigenvalue weighted by Gasteiger charge is 2.36. The Hall–Kier alpha value is -2.74. The van der Waals surface area contributed by atoms with Crippen molar-refractivity contribution in [2.24, 2.45) is 5.92 Å². The molecule has 0 radical (unpaired) electrons. The second-order valence-electron chi connectivity index (χ2n) is 5.87.